The maximum Gasteiger partial charge on any atom is 0.187 e. The van der Waals surface area contributed by atoms with Crippen molar-refractivity contribution in [2.75, 3.05) is 25.7 Å². The van der Waals surface area contributed by atoms with Gasteiger partial charge in [-0.15, -0.1) is 11.6 Å². The van der Waals surface area contributed by atoms with Gasteiger partial charge in [0.15, 0.2) is 6.29 Å². The first-order valence-corrected chi connectivity index (χ1v) is 8.45. The first-order valence-electron chi connectivity index (χ1n) is 7.91. The number of alkyl halides is 1. The van der Waals surface area contributed by atoms with Crippen LogP contribution < -0.4 is 4.74 Å². The maximum atomic E-state index is 5.77. The van der Waals surface area contributed by atoms with Crippen molar-refractivity contribution in [2.45, 2.75) is 19.6 Å². The second-order valence-electron chi connectivity index (χ2n) is 5.53. The standard InChI is InChI=1S/C19H21ClO3/c1-14-5-2-3-6-16(14)15-7-8-18(21-12-9-20)17(13-15)19-22-10-4-11-23-19/h2-3,5-8,13,19H,4,9-12H2,1H3. The van der Waals surface area contributed by atoms with Gasteiger partial charge < -0.3 is 14.2 Å². The van der Waals surface area contributed by atoms with E-state index in [1.807, 2.05) is 18.2 Å². The van der Waals surface area contributed by atoms with E-state index in [1.54, 1.807) is 0 Å². The highest BCUT2D eigenvalue weighted by atomic mass is 35.5. The lowest BCUT2D eigenvalue weighted by Crippen LogP contribution is -2.18. The summed E-state index contributed by atoms with van der Waals surface area (Å²) in [5, 5.41) is 0. The van der Waals surface area contributed by atoms with Gasteiger partial charge in [-0.3, -0.25) is 0 Å². The summed E-state index contributed by atoms with van der Waals surface area (Å²) in [4.78, 5) is 0. The molecular formula is C19H21ClO3. The van der Waals surface area contributed by atoms with Gasteiger partial charge in [-0.1, -0.05) is 30.3 Å². The van der Waals surface area contributed by atoms with Crippen LogP contribution in [0.5, 0.6) is 5.75 Å². The summed E-state index contributed by atoms with van der Waals surface area (Å²) in [5.74, 6) is 1.22. The fourth-order valence-electron chi connectivity index (χ4n) is 2.74. The molecule has 122 valence electrons. The largest absolute Gasteiger partial charge is 0.492 e. The molecule has 0 unspecified atom stereocenters. The van der Waals surface area contributed by atoms with Crippen LogP contribution in [0.2, 0.25) is 0 Å². The molecule has 0 spiro atoms. The summed E-state index contributed by atoms with van der Waals surface area (Å²) in [6, 6.07) is 14.5. The van der Waals surface area contributed by atoms with Crippen molar-refractivity contribution < 1.29 is 14.2 Å². The summed E-state index contributed by atoms with van der Waals surface area (Å²) in [6.45, 7) is 3.98. The van der Waals surface area contributed by atoms with Crippen LogP contribution >= 0.6 is 11.6 Å². The quantitative estimate of drug-likeness (QED) is 0.742. The Balaban J connectivity index is 1.98. The Hall–Kier alpha value is -1.55. The highest BCUT2D eigenvalue weighted by Crippen LogP contribution is 2.35. The predicted octanol–water partition coefficient (Wildman–Crippen LogP) is 4.72. The second kappa shape index (κ2) is 7.82. The van der Waals surface area contributed by atoms with E-state index in [0.717, 1.165) is 23.3 Å². The third-order valence-electron chi connectivity index (χ3n) is 3.88. The van der Waals surface area contributed by atoms with Gasteiger partial charge in [-0.05, 0) is 42.2 Å². The Bertz CT molecular complexity index is 651. The molecule has 3 nitrogen and oxygen atoms in total. The average Bonchev–Trinajstić information content (AvgIpc) is 2.61. The third-order valence-corrected chi connectivity index (χ3v) is 4.04. The highest BCUT2D eigenvalue weighted by molar-refractivity contribution is 6.18. The van der Waals surface area contributed by atoms with Gasteiger partial charge in [0.1, 0.15) is 12.4 Å². The fraction of sp³-hybridized carbons (Fsp3) is 0.368. The third kappa shape index (κ3) is 3.86. The SMILES string of the molecule is Cc1ccccc1-c1ccc(OCCCl)c(C2OCCCO2)c1. The van der Waals surface area contributed by atoms with E-state index in [4.69, 9.17) is 25.8 Å². The lowest BCUT2D eigenvalue weighted by atomic mass is 9.98. The van der Waals surface area contributed by atoms with Gasteiger partial charge in [-0.2, -0.15) is 0 Å². The Morgan fingerprint density at radius 1 is 1.13 bits per heavy atom. The number of hydrogen-bond donors (Lipinski definition) is 0. The molecule has 1 aliphatic rings. The molecular weight excluding hydrogens is 312 g/mol. The minimum Gasteiger partial charge on any atom is -0.492 e. The Morgan fingerprint density at radius 3 is 2.65 bits per heavy atom. The van der Waals surface area contributed by atoms with Crippen molar-refractivity contribution in [3.8, 4) is 16.9 Å². The highest BCUT2D eigenvalue weighted by Gasteiger charge is 2.21. The van der Waals surface area contributed by atoms with Crippen LogP contribution in [0, 0.1) is 6.92 Å². The maximum absolute atomic E-state index is 5.77. The molecule has 1 fully saturated rings. The van der Waals surface area contributed by atoms with E-state index < -0.39 is 0 Å². The zero-order valence-corrected chi connectivity index (χ0v) is 14.0. The predicted molar refractivity (Wildman–Crippen MR) is 92.1 cm³/mol. The Labute approximate surface area is 142 Å². The first-order chi connectivity index (χ1) is 11.3. The molecule has 3 rings (SSSR count). The molecule has 0 N–H and O–H groups in total. The van der Waals surface area contributed by atoms with Gasteiger partial charge >= 0.3 is 0 Å². The van der Waals surface area contributed by atoms with E-state index in [1.165, 1.54) is 11.1 Å². The molecule has 23 heavy (non-hydrogen) atoms. The van der Waals surface area contributed by atoms with E-state index in [9.17, 15) is 0 Å². The topological polar surface area (TPSA) is 27.7 Å². The lowest BCUT2D eigenvalue weighted by Gasteiger charge is -2.25. The summed E-state index contributed by atoms with van der Waals surface area (Å²) in [7, 11) is 0. The molecule has 2 aromatic carbocycles. The normalized spacial score (nSPS) is 15.6. The molecule has 0 bridgehead atoms. The van der Waals surface area contributed by atoms with Crippen molar-refractivity contribution in [3.05, 3.63) is 53.6 Å². The van der Waals surface area contributed by atoms with Gasteiger partial charge in [0.2, 0.25) is 0 Å². The van der Waals surface area contributed by atoms with Crippen molar-refractivity contribution >= 4 is 11.6 Å². The summed E-state index contributed by atoms with van der Waals surface area (Å²) in [5.41, 5.74) is 4.50. The smallest absolute Gasteiger partial charge is 0.187 e. The summed E-state index contributed by atoms with van der Waals surface area (Å²) >= 11 is 5.75. The van der Waals surface area contributed by atoms with Crippen molar-refractivity contribution in [1.82, 2.24) is 0 Å². The molecule has 4 heteroatoms. The van der Waals surface area contributed by atoms with E-state index in [0.29, 0.717) is 25.7 Å². The molecule has 0 radical (unpaired) electrons. The zero-order chi connectivity index (χ0) is 16.1. The molecule has 1 saturated heterocycles. The minimum atomic E-state index is -0.377. The first kappa shape index (κ1) is 16.3. The molecule has 1 aliphatic heterocycles. The van der Waals surface area contributed by atoms with Crippen molar-refractivity contribution in [2.24, 2.45) is 0 Å². The summed E-state index contributed by atoms with van der Waals surface area (Å²) < 4.78 is 17.3. The van der Waals surface area contributed by atoms with E-state index >= 15 is 0 Å². The van der Waals surface area contributed by atoms with Crippen LogP contribution in [0.1, 0.15) is 23.8 Å². The lowest BCUT2D eigenvalue weighted by molar-refractivity contribution is -0.183. The minimum absolute atomic E-state index is 0.377. The number of benzene rings is 2. The van der Waals surface area contributed by atoms with Crippen LogP contribution in [0.15, 0.2) is 42.5 Å². The molecule has 0 amide bonds. The van der Waals surface area contributed by atoms with Crippen molar-refractivity contribution in [1.29, 1.82) is 0 Å². The van der Waals surface area contributed by atoms with E-state index in [-0.39, 0.29) is 6.29 Å². The van der Waals surface area contributed by atoms with Crippen LogP contribution in [0.3, 0.4) is 0 Å². The molecule has 0 aromatic heterocycles. The average molecular weight is 333 g/mol. The van der Waals surface area contributed by atoms with Crippen LogP contribution in [0.25, 0.3) is 11.1 Å². The van der Waals surface area contributed by atoms with Gasteiger partial charge in [-0.25, -0.2) is 0 Å². The number of hydrogen-bond acceptors (Lipinski definition) is 3. The van der Waals surface area contributed by atoms with Crippen molar-refractivity contribution in [3.63, 3.8) is 0 Å². The zero-order valence-electron chi connectivity index (χ0n) is 13.3. The number of halogens is 1. The van der Waals surface area contributed by atoms with Gasteiger partial charge in [0.05, 0.1) is 24.7 Å². The van der Waals surface area contributed by atoms with Crippen LogP contribution in [-0.4, -0.2) is 25.7 Å². The van der Waals surface area contributed by atoms with Crippen LogP contribution in [0.4, 0.5) is 0 Å². The molecule has 0 atom stereocenters. The Kier molecular flexibility index (Phi) is 5.55. The Morgan fingerprint density at radius 2 is 1.91 bits per heavy atom. The fourth-order valence-corrected chi connectivity index (χ4v) is 2.82. The van der Waals surface area contributed by atoms with Crippen LogP contribution in [-0.2, 0) is 9.47 Å². The second-order valence-corrected chi connectivity index (χ2v) is 5.91. The number of rotatable bonds is 5. The van der Waals surface area contributed by atoms with Gasteiger partial charge in [0.25, 0.3) is 0 Å². The molecule has 0 aliphatic carbocycles. The molecule has 1 heterocycles. The number of ether oxygens (including phenoxy) is 3. The summed E-state index contributed by atoms with van der Waals surface area (Å²) in [6.07, 6.45) is 0.546. The molecule has 2 aromatic rings. The monoisotopic (exact) mass is 332 g/mol. The van der Waals surface area contributed by atoms with E-state index in [2.05, 4.69) is 31.2 Å². The number of aryl methyl sites for hydroxylation is 1. The molecule has 0 saturated carbocycles. The van der Waals surface area contributed by atoms with Gasteiger partial charge in [0, 0.05) is 0 Å².